The molecule has 2 heterocycles. The molecule has 1 atom stereocenters. The SMILES string of the molecule is CCCN(C[C@@H]1CCOC1)C(=O)c1cc(OC)c2oc(NCc3cccc(Cl)c3)nc2c1. The van der Waals surface area contributed by atoms with Crippen molar-refractivity contribution < 1.29 is 18.7 Å². The summed E-state index contributed by atoms with van der Waals surface area (Å²) in [6.07, 6.45) is 1.88. The smallest absolute Gasteiger partial charge is 0.296 e. The quantitative estimate of drug-likeness (QED) is 0.487. The Bertz CT molecular complexity index is 1080. The number of halogens is 1. The van der Waals surface area contributed by atoms with Gasteiger partial charge in [0.1, 0.15) is 5.52 Å². The fourth-order valence-corrected chi connectivity index (χ4v) is 4.16. The Labute approximate surface area is 192 Å². The molecule has 0 spiro atoms. The molecule has 1 fully saturated rings. The van der Waals surface area contributed by atoms with Crippen molar-refractivity contribution in [3.05, 3.63) is 52.5 Å². The van der Waals surface area contributed by atoms with Gasteiger partial charge in [-0.2, -0.15) is 4.98 Å². The predicted octanol–water partition coefficient (Wildman–Crippen LogP) is 4.99. The third-order valence-corrected chi connectivity index (χ3v) is 5.77. The highest BCUT2D eigenvalue weighted by molar-refractivity contribution is 6.30. The van der Waals surface area contributed by atoms with E-state index in [1.807, 2.05) is 29.2 Å². The van der Waals surface area contributed by atoms with Gasteiger partial charge in [-0.25, -0.2) is 0 Å². The average molecular weight is 458 g/mol. The maximum absolute atomic E-state index is 13.3. The molecular weight excluding hydrogens is 430 g/mol. The number of hydrogen-bond donors (Lipinski definition) is 1. The van der Waals surface area contributed by atoms with E-state index in [0.717, 1.165) is 25.0 Å². The highest BCUT2D eigenvalue weighted by Gasteiger charge is 2.24. The first-order valence-corrected chi connectivity index (χ1v) is 11.3. The van der Waals surface area contributed by atoms with Crippen molar-refractivity contribution in [2.45, 2.75) is 26.3 Å². The summed E-state index contributed by atoms with van der Waals surface area (Å²) in [5.41, 5.74) is 2.62. The molecule has 1 aliphatic heterocycles. The number of rotatable bonds is 9. The first-order chi connectivity index (χ1) is 15.6. The van der Waals surface area contributed by atoms with E-state index in [1.54, 1.807) is 19.2 Å². The molecule has 0 unspecified atom stereocenters. The molecular formula is C24H28ClN3O4. The van der Waals surface area contributed by atoms with Crippen LogP contribution in [0.2, 0.25) is 5.02 Å². The number of fused-ring (bicyclic) bond motifs is 1. The molecule has 3 aromatic rings. The van der Waals surface area contributed by atoms with E-state index in [2.05, 4.69) is 17.2 Å². The van der Waals surface area contributed by atoms with E-state index in [4.69, 9.17) is 25.5 Å². The Balaban J connectivity index is 1.55. The van der Waals surface area contributed by atoms with Crippen molar-refractivity contribution in [3.8, 4) is 5.75 Å². The highest BCUT2D eigenvalue weighted by Crippen LogP contribution is 2.31. The van der Waals surface area contributed by atoms with Gasteiger partial charge in [0.05, 0.1) is 13.7 Å². The number of ether oxygens (including phenoxy) is 2. The van der Waals surface area contributed by atoms with Crippen molar-refractivity contribution in [3.63, 3.8) is 0 Å². The maximum Gasteiger partial charge on any atom is 0.296 e. The Morgan fingerprint density at radius 1 is 1.34 bits per heavy atom. The van der Waals surface area contributed by atoms with Crippen LogP contribution in [0.3, 0.4) is 0 Å². The lowest BCUT2D eigenvalue weighted by Crippen LogP contribution is -2.36. The number of nitrogens with zero attached hydrogens (tertiary/aromatic N) is 2. The molecule has 0 aliphatic carbocycles. The van der Waals surface area contributed by atoms with Crippen LogP contribution in [0.25, 0.3) is 11.1 Å². The van der Waals surface area contributed by atoms with Gasteiger partial charge in [-0.05, 0) is 42.7 Å². The fourth-order valence-electron chi connectivity index (χ4n) is 3.94. The first-order valence-electron chi connectivity index (χ1n) is 10.9. The van der Waals surface area contributed by atoms with E-state index < -0.39 is 0 Å². The number of benzene rings is 2. The summed E-state index contributed by atoms with van der Waals surface area (Å²) in [6, 6.07) is 11.4. The molecule has 7 nitrogen and oxygen atoms in total. The number of carbonyl (C=O) groups is 1. The number of nitrogens with one attached hydrogen (secondary N) is 1. The summed E-state index contributed by atoms with van der Waals surface area (Å²) in [5, 5.41) is 3.84. The molecule has 170 valence electrons. The molecule has 1 aromatic heterocycles. The molecule has 32 heavy (non-hydrogen) atoms. The largest absolute Gasteiger partial charge is 0.493 e. The van der Waals surface area contributed by atoms with E-state index in [0.29, 0.717) is 65.6 Å². The van der Waals surface area contributed by atoms with Gasteiger partial charge in [0.25, 0.3) is 11.9 Å². The summed E-state index contributed by atoms with van der Waals surface area (Å²) in [7, 11) is 1.56. The van der Waals surface area contributed by atoms with Crippen molar-refractivity contribution in [1.29, 1.82) is 0 Å². The van der Waals surface area contributed by atoms with Gasteiger partial charge in [-0.15, -0.1) is 0 Å². The molecule has 0 bridgehead atoms. The Hall–Kier alpha value is -2.77. The van der Waals surface area contributed by atoms with Gasteiger partial charge < -0.3 is 24.1 Å². The van der Waals surface area contributed by atoms with Crippen molar-refractivity contribution in [1.82, 2.24) is 9.88 Å². The number of amides is 1. The molecule has 1 amide bonds. The maximum atomic E-state index is 13.3. The van der Waals surface area contributed by atoms with Crippen molar-refractivity contribution in [2.75, 3.05) is 38.7 Å². The Morgan fingerprint density at radius 2 is 2.22 bits per heavy atom. The van der Waals surface area contributed by atoms with Crippen molar-refractivity contribution in [2.24, 2.45) is 5.92 Å². The minimum atomic E-state index is -0.0320. The van der Waals surface area contributed by atoms with E-state index in [-0.39, 0.29) is 5.91 Å². The minimum Gasteiger partial charge on any atom is -0.493 e. The zero-order valence-corrected chi connectivity index (χ0v) is 19.2. The lowest BCUT2D eigenvalue weighted by Gasteiger charge is -2.25. The van der Waals surface area contributed by atoms with Crippen LogP contribution in [0.15, 0.2) is 40.8 Å². The van der Waals surface area contributed by atoms with Crippen LogP contribution in [-0.4, -0.2) is 49.2 Å². The van der Waals surface area contributed by atoms with E-state index in [1.165, 1.54) is 0 Å². The highest BCUT2D eigenvalue weighted by atomic mass is 35.5. The number of carbonyl (C=O) groups excluding carboxylic acids is 1. The van der Waals surface area contributed by atoms with E-state index in [9.17, 15) is 4.79 Å². The number of anilines is 1. The van der Waals surface area contributed by atoms with Crippen LogP contribution >= 0.6 is 11.6 Å². The summed E-state index contributed by atoms with van der Waals surface area (Å²) in [5.74, 6) is 0.829. The van der Waals surface area contributed by atoms with Crippen LogP contribution in [-0.2, 0) is 11.3 Å². The number of oxazole rings is 1. The summed E-state index contributed by atoms with van der Waals surface area (Å²) >= 11 is 6.05. The second-order valence-electron chi connectivity index (χ2n) is 8.01. The molecule has 1 N–H and O–H groups in total. The molecule has 2 aromatic carbocycles. The standard InChI is InChI=1S/C24H28ClN3O4/c1-3-8-28(14-17-7-9-31-15-17)23(29)18-11-20-22(21(12-18)30-2)32-24(27-20)26-13-16-5-4-6-19(25)10-16/h4-6,10-12,17H,3,7-9,13-15H2,1-2H3,(H,26,27)/t17-/m0/s1. The lowest BCUT2D eigenvalue weighted by molar-refractivity contribution is 0.0720. The number of methoxy groups -OCH3 is 1. The molecule has 1 saturated heterocycles. The van der Waals surface area contributed by atoms with Gasteiger partial charge in [0, 0.05) is 42.7 Å². The fraction of sp³-hybridized carbons (Fsp3) is 0.417. The summed E-state index contributed by atoms with van der Waals surface area (Å²) < 4.78 is 16.9. The van der Waals surface area contributed by atoms with Gasteiger partial charge in [0.2, 0.25) is 0 Å². The Kier molecular flexibility index (Phi) is 7.17. The van der Waals surface area contributed by atoms with Gasteiger partial charge in [-0.3, -0.25) is 4.79 Å². The van der Waals surface area contributed by atoms with Gasteiger partial charge in [-0.1, -0.05) is 30.7 Å². The third-order valence-electron chi connectivity index (χ3n) is 5.54. The van der Waals surface area contributed by atoms with Crippen molar-refractivity contribution >= 4 is 34.6 Å². The van der Waals surface area contributed by atoms with Crippen LogP contribution in [0.4, 0.5) is 6.01 Å². The monoisotopic (exact) mass is 457 g/mol. The first kappa shape index (κ1) is 22.4. The third kappa shape index (κ3) is 5.16. The zero-order valence-electron chi connectivity index (χ0n) is 18.4. The molecule has 1 aliphatic rings. The minimum absolute atomic E-state index is 0.0320. The topological polar surface area (TPSA) is 76.8 Å². The van der Waals surface area contributed by atoms with Crippen LogP contribution < -0.4 is 10.1 Å². The van der Waals surface area contributed by atoms with Gasteiger partial charge in [0.15, 0.2) is 11.3 Å². The normalized spacial score (nSPS) is 15.8. The second kappa shape index (κ2) is 10.2. The van der Waals surface area contributed by atoms with Gasteiger partial charge >= 0.3 is 0 Å². The van der Waals surface area contributed by atoms with Crippen LogP contribution in [0, 0.1) is 5.92 Å². The van der Waals surface area contributed by atoms with E-state index >= 15 is 0 Å². The molecule has 0 radical (unpaired) electrons. The van der Waals surface area contributed by atoms with Crippen LogP contribution in [0.1, 0.15) is 35.7 Å². The second-order valence-corrected chi connectivity index (χ2v) is 8.45. The number of hydrogen-bond acceptors (Lipinski definition) is 6. The summed E-state index contributed by atoms with van der Waals surface area (Å²) in [4.78, 5) is 19.8. The summed E-state index contributed by atoms with van der Waals surface area (Å²) in [6.45, 7) is 5.45. The van der Waals surface area contributed by atoms with Crippen LogP contribution in [0.5, 0.6) is 5.75 Å². The number of aromatic nitrogens is 1. The molecule has 4 rings (SSSR count). The lowest BCUT2D eigenvalue weighted by atomic mass is 10.1. The zero-order chi connectivity index (χ0) is 22.5. The molecule has 0 saturated carbocycles. The Morgan fingerprint density at radius 3 is 2.94 bits per heavy atom. The average Bonchev–Trinajstić information content (AvgIpc) is 3.45. The predicted molar refractivity (Wildman–Crippen MR) is 124 cm³/mol. The molecule has 8 heteroatoms.